The van der Waals surface area contributed by atoms with Crippen LogP contribution >= 0.6 is 11.6 Å². The fourth-order valence-corrected chi connectivity index (χ4v) is 2.47. The average molecular weight is 349 g/mol. The van der Waals surface area contributed by atoms with Crippen LogP contribution < -0.4 is 5.73 Å². The molecule has 0 saturated carbocycles. The molecule has 3 aromatic rings. The average Bonchev–Trinajstić information content (AvgIpc) is 3.06. The van der Waals surface area contributed by atoms with Crippen LogP contribution in [0.2, 0.25) is 5.02 Å². The maximum atomic E-state index is 8.78. The lowest BCUT2D eigenvalue weighted by atomic mass is 10.2. The molecule has 0 aliphatic carbocycles. The Balaban J connectivity index is 0.000000203. The Bertz CT molecular complexity index is 819. The predicted octanol–water partition coefficient (Wildman–Crippen LogP) is 1.81. The number of aromatic amines is 1. The van der Waals surface area contributed by atoms with Crippen molar-refractivity contribution in [3.8, 4) is 11.3 Å². The molecule has 0 bridgehead atoms. The molecule has 1 fully saturated rings. The van der Waals surface area contributed by atoms with E-state index in [4.69, 9.17) is 27.2 Å². The summed E-state index contributed by atoms with van der Waals surface area (Å²) in [6.07, 6.45) is 6.56. The number of halogens is 1. The second-order valence-electron chi connectivity index (χ2n) is 5.33. The van der Waals surface area contributed by atoms with Gasteiger partial charge in [0.15, 0.2) is 5.65 Å². The van der Waals surface area contributed by atoms with Crippen LogP contribution in [0.4, 0.5) is 5.95 Å². The zero-order chi connectivity index (χ0) is 16.9. The molecule has 0 radical (unpaired) electrons. The van der Waals surface area contributed by atoms with Crippen LogP contribution in [-0.4, -0.2) is 49.6 Å². The molecule has 1 aliphatic heterocycles. The van der Waals surface area contributed by atoms with Gasteiger partial charge in [-0.1, -0.05) is 11.6 Å². The number of nitrogens with two attached hydrogens (primary N) is 1. The number of nitrogens with zero attached hydrogens (tertiary/aromatic N) is 4. The quantitative estimate of drug-likeness (QED) is 0.612. The molecule has 4 heterocycles. The standard InChI is InChI=1S/C10H7ClN6.C5H10O2/c11-7-4-14-10(12)16-8(7)5-1-6-3-15-17-9(6)13-2-5;6-5-2-1-3-7-4-5/h1-4H,(H2,12,14,16)(H,13,15,17);5-6H,1-4H2. The number of pyridine rings is 1. The Labute approximate surface area is 143 Å². The molecule has 1 atom stereocenters. The van der Waals surface area contributed by atoms with Crippen LogP contribution in [-0.2, 0) is 4.74 Å². The van der Waals surface area contributed by atoms with Gasteiger partial charge < -0.3 is 15.6 Å². The molecule has 24 heavy (non-hydrogen) atoms. The molecule has 0 aromatic carbocycles. The van der Waals surface area contributed by atoms with Crippen molar-refractivity contribution < 1.29 is 9.84 Å². The summed E-state index contributed by atoms with van der Waals surface area (Å²) in [6, 6.07) is 1.89. The Kier molecular flexibility index (Phi) is 5.19. The molecule has 8 nitrogen and oxygen atoms in total. The number of H-pyrrole nitrogens is 1. The van der Waals surface area contributed by atoms with Crippen LogP contribution in [0.15, 0.2) is 24.7 Å². The molecule has 126 valence electrons. The monoisotopic (exact) mass is 348 g/mol. The van der Waals surface area contributed by atoms with Crippen molar-refractivity contribution in [3.63, 3.8) is 0 Å². The van der Waals surface area contributed by atoms with Crippen LogP contribution in [0.1, 0.15) is 12.8 Å². The number of hydrogen-bond acceptors (Lipinski definition) is 7. The van der Waals surface area contributed by atoms with E-state index in [9.17, 15) is 0 Å². The molecule has 1 unspecified atom stereocenters. The summed E-state index contributed by atoms with van der Waals surface area (Å²) in [5.41, 5.74) is 7.59. The molecule has 3 aromatic heterocycles. The van der Waals surface area contributed by atoms with Crippen LogP contribution in [0.5, 0.6) is 0 Å². The number of nitrogen functional groups attached to an aromatic ring is 1. The minimum Gasteiger partial charge on any atom is -0.391 e. The Morgan fingerprint density at radius 1 is 1.29 bits per heavy atom. The molecule has 1 aliphatic rings. The van der Waals surface area contributed by atoms with Gasteiger partial charge in [-0.25, -0.2) is 15.0 Å². The first-order chi connectivity index (χ1) is 11.6. The maximum absolute atomic E-state index is 8.78. The Morgan fingerprint density at radius 2 is 2.17 bits per heavy atom. The molecule has 9 heteroatoms. The third-order valence-corrected chi connectivity index (χ3v) is 3.74. The minimum atomic E-state index is -0.186. The van der Waals surface area contributed by atoms with Gasteiger partial charge in [-0.05, 0) is 18.9 Å². The third kappa shape index (κ3) is 3.97. The van der Waals surface area contributed by atoms with Gasteiger partial charge in [-0.2, -0.15) is 5.10 Å². The molecule has 0 spiro atoms. The van der Waals surface area contributed by atoms with Gasteiger partial charge in [-0.15, -0.1) is 0 Å². The molecular weight excluding hydrogens is 332 g/mol. The van der Waals surface area contributed by atoms with E-state index in [1.54, 1.807) is 12.4 Å². The number of aliphatic hydroxyl groups excluding tert-OH is 1. The van der Waals surface area contributed by atoms with Gasteiger partial charge in [0.05, 0.1) is 35.8 Å². The zero-order valence-electron chi connectivity index (χ0n) is 12.8. The zero-order valence-corrected chi connectivity index (χ0v) is 13.6. The van der Waals surface area contributed by atoms with E-state index >= 15 is 0 Å². The normalized spacial score (nSPS) is 17.3. The molecule has 4 rings (SSSR count). The highest BCUT2D eigenvalue weighted by atomic mass is 35.5. The van der Waals surface area contributed by atoms with Crippen molar-refractivity contribution in [1.29, 1.82) is 0 Å². The SMILES string of the molecule is Nc1ncc(Cl)c(-c2cnc3[nH]ncc3c2)n1.OC1CCCOC1. The van der Waals surface area contributed by atoms with E-state index in [1.165, 1.54) is 6.20 Å². The third-order valence-electron chi connectivity index (χ3n) is 3.46. The van der Waals surface area contributed by atoms with Crippen LogP contribution in [0, 0.1) is 0 Å². The summed E-state index contributed by atoms with van der Waals surface area (Å²) < 4.78 is 4.93. The van der Waals surface area contributed by atoms with E-state index in [-0.39, 0.29) is 12.1 Å². The molecule has 4 N–H and O–H groups in total. The lowest BCUT2D eigenvalue weighted by Crippen LogP contribution is -2.21. The highest BCUT2D eigenvalue weighted by molar-refractivity contribution is 6.32. The first kappa shape index (κ1) is 16.6. The van der Waals surface area contributed by atoms with Crippen LogP contribution in [0.25, 0.3) is 22.3 Å². The lowest BCUT2D eigenvalue weighted by molar-refractivity contribution is -0.00535. The number of hydrogen-bond donors (Lipinski definition) is 3. The molecular formula is C15H17ClN6O2. The molecule has 1 saturated heterocycles. The number of nitrogens with one attached hydrogen (secondary N) is 1. The van der Waals surface area contributed by atoms with Crippen molar-refractivity contribution in [3.05, 3.63) is 29.7 Å². The first-order valence-electron chi connectivity index (χ1n) is 7.47. The number of aliphatic hydroxyl groups is 1. The maximum Gasteiger partial charge on any atom is 0.220 e. The summed E-state index contributed by atoms with van der Waals surface area (Å²) in [4.78, 5) is 12.1. The van der Waals surface area contributed by atoms with Gasteiger partial charge in [0.2, 0.25) is 5.95 Å². The largest absolute Gasteiger partial charge is 0.391 e. The first-order valence-corrected chi connectivity index (χ1v) is 7.84. The summed E-state index contributed by atoms with van der Waals surface area (Å²) in [5.74, 6) is 0.177. The summed E-state index contributed by atoms with van der Waals surface area (Å²) >= 11 is 6.02. The fourth-order valence-electron chi connectivity index (χ4n) is 2.27. The predicted molar refractivity (Wildman–Crippen MR) is 90.4 cm³/mol. The van der Waals surface area contributed by atoms with Crippen molar-refractivity contribution in [2.45, 2.75) is 18.9 Å². The number of rotatable bonds is 1. The number of aromatic nitrogens is 5. The minimum absolute atomic E-state index is 0.177. The van der Waals surface area contributed by atoms with Crippen LogP contribution in [0.3, 0.4) is 0 Å². The summed E-state index contributed by atoms with van der Waals surface area (Å²) in [7, 11) is 0. The van der Waals surface area contributed by atoms with E-state index in [0.29, 0.717) is 23.0 Å². The van der Waals surface area contributed by atoms with Crippen molar-refractivity contribution in [2.24, 2.45) is 0 Å². The number of fused-ring (bicyclic) bond motifs is 1. The number of ether oxygens (including phenoxy) is 1. The van der Waals surface area contributed by atoms with E-state index in [1.807, 2.05) is 6.07 Å². The van der Waals surface area contributed by atoms with Gasteiger partial charge >= 0.3 is 0 Å². The topological polar surface area (TPSA) is 123 Å². The highest BCUT2D eigenvalue weighted by Gasteiger charge is 2.09. The van der Waals surface area contributed by atoms with Gasteiger partial charge in [0.25, 0.3) is 0 Å². The van der Waals surface area contributed by atoms with Crippen molar-refractivity contribution in [1.82, 2.24) is 25.1 Å². The van der Waals surface area contributed by atoms with E-state index < -0.39 is 0 Å². The van der Waals surface area contributed by atoms with Crippen molar-refractivity contribution in [2.75, 3.05) is 18.9 Å². The fraction of sp³-hybridized carbons (Fsp3) is 0.333. The van der Waals surface area contributed by atoms with Gasteiger partial charge in [0, 0.05) is 23.8 Å². The highest BCUT2D eigenvalue weighted by Crippen LogP contribution is 2.26. The smallest absolute Gasteiger partial charge is 0.220 e. The lowest BCUT2D eigenvalue weighted by Gasteiger charge is -2.15. The summed E-state index contributed by atoms with van der Waals surface area (Å²) in [6.45, 7) is 1.37. The Hall–Kier alpha value is -2.29. The van der Waals surface area contributed by atoms with Gasteiger partial charge in [-0.3, -0.25) is 5.10 Å². The Morgan fingerprint density at radius 3 is 2.88 bits per heavy atom. The number of anilines is 1. The van der Waals surface area contributed by atoms with E-state index in [2.05, 4.69) is 25.1 Å². The van der Waals surface area contributed by atoms with Crippen molar-refractivity contribution >= 4 is 28.6 Å². The van der Waals surface area contributed by atoms with E-state index in [0.717, 1.165) is 30.4 Å². The van der Waals surface area contributed by atoms with Gasteiger partial charge in [0.1, 0.15) is 0 Å². The molecule has 0 amide bonds. The second-order valence-corrected chi connectivity index (χ2v) is 5.73. The second kappa shape index (κ2) is 7.52. The summed E-state index contributed by atoms with van der Waals surface area (Å²) in [5, 5.41) is 16.8.